The van der Waals surface area contributed by atoms with Crippen LogP contribution in [0.15, 0.2) is 54.6 Å². The summed E-state index contributed by atoms with van der Waals surface area (Å²) in [4.78, 5) is 12.3. The van der Waals surface area contributed by atoms with E-state index in [1.54, 1.807) is 0 Å². The Morgan fingerprint density at radius 2 is 1.38 bits per heavy atom. The monoisotopic (exact) mass is 467 g/mol. The van der Waals surface area contributed by atoms with Crippen molar-refractivity contribution in [2.24, 2.45) is 0 Å². The van der Waals surface area contributed by atoms with Gasteiger partial charge in [-0.05, 0) is 42.5 Å². The molecule has 0 fully saturated rings. The minimum Gasteiger partial charge on any atom is -0.490 e. The average molecular weight is 468 g/mol. The molecular weight excluding hydrogens is 422 g/mol. The van der Waals surface area contributed by atoms with Crippen molar-refractivity contribution in [3.63, 3.8) is 0 Å². The van der Waals surface area contributed by atoms with Gasteiger partial charge in [0, 0.05) is 5.69 Å². The van der Waals surface area contributed by atoms with Gasteiger partial charge in [-0.3, -0.25) is 5.32 Å². The maximum absolute atomic E-state index is 12.3. The zero-order valence-electron chi connectivity index (χ0n) is 21.4. The van der Waals surface area contributed by atoms with Gasteiger partial charge in [-0.1, -0.05) is 114 Å². The number of amides is 1. The summed E-state index contributed by atoms with van der Waals surface area (Å²) >= 11 is 0. The fourth-order valence-electron chi connectivity index (χ4n) is 4.38. The Hall–Kier alpha value is -2.49. The average Bonchev–Trinajstić information content (AvgIpc) is 2.86. The number of hydrogen-bond acceptors (Lipinski definition) is 3. The number of unbranched alkanes of at least 4 members (excludes halogenated alkanes) is 9. The Kier molecular flexibility index (Phi) is 14.6. The molecule has 0 spiro atoms. The minimum atomic E-state index is -0.432. The van der Waals surface area contributed by atoms with Crippen LogP contribution in [-0.4, -0.2) is 19.3 Å². The SMILES string of the molecule is CCCCCCCCCCCCC(CC)c1ccccc1NC(=O)OCCOc1ccccc1. The molecule has 0 heterocycles. The number of ether oxygens (including phenoxy) is 2. The summed E-state index contributed by atoms with van der Waals surface area (Å²) in [5.41, 5.74) is 2.06. The highest BCUT2D eigenvalue weighted by Crippen LogP contribution is 2.31. The molecule has 2 rings (SSSR count). The van der Waals surface area contributed by atoms with Crippen LogP contribution in [0.5, 0.6) is 5.75 Å². The number of carbonyl (C=O) groups excluding carboxylic acids is 1. The van der Waals surface area contributed by atoms with Crippen molar-refractivity contribution < 1.29 is 14.3 Å². The van der Waals surface area contributed by atoms with E-state index < -0.39 is 6.09 Å². The van der Waals surface area contributed by atoms with Crippen LogP contribution in [0.4, 0.5) is 10.5 Å². The molecule has 0 aliphatic heterocycles. The second-order valence-corrected chi connectivity index (χ2v) is 9.09. The van der Waals surface area contributed by atoms with Gasteiger partial charge in [0.15, 0.2) is 0 Å². The van der Waals surface area contributed by atoms with Gasteiger partial charge in [0.05, 0.1) is 0 Å². The first-order chi connectivity index (χ1) is 16.7. The van der Waals surface area contributed by atoms with Gasteiger partial charge in [0.25, 0.3) is 0 Å². The standard InChI is InChI=1S/C30H45NO3/c1-3-5-6-7-8-9-10-11-12-14-19-26(4-2)28-22-17-18-23-29(28)31-30(32)34-25-24-33-27-20-15-13-16-21-27/h13,15-18,20-23,26H,3-12,14,19,24-25H2,1-2H3,(H,31,32). The zero-order valence-corrected chi connectivity index (χ0v) is 21.4. The van der Waals surface area contributed by atoms with Crippen molar-refractivity contribution in [1.82, 2.24) is 0 Å². The quantitative estimate of drug-likeness (QED) is 0.222. The summed E-state index contributed by atoms with van der Waals surface area (Å²) in [5.74, 6) is 1.22. The molecule has 0 aliphatic carbocycles. The maximum atomic E-state index is 12.3. The highest BCUT2D eigenvalue weighted by atomic mass is 16.6. The van der Waals surface area contributed by atoms with E-state index in [2.05, 4.69) is 31.3 Å². The molecule has 188 valence electrons. The maximum Gasteiger partial charge on any atom is 0.411 e. The zero-order chi connectivity index (χ0) is 24.3. The van der Waals surface area contributed by atoms with E-state index in [0.717, 1.165) is 24.3 Å². The van der Waals surface area contributed by atoms with Crippen LogP contribution in [0, 0.1) is 0 Å². The number of rotatable bonds is 18. The number of para-hydroxylation sites is 2. The third-order valence-electron chi connectivity index (χ3n) is 6.36. The minimum absolute atomic E-state index is 0.207. The number of hydrogen-bond donors (Lipinski definition) is 1. The Morgan fingerprint density at radius 3 is 2.06 bits per heavy atom. The number of anilines is 1. The van der Waals surface area contributed by atoms with E-state index in [1.165, 1.54) is 69.8 Å². The Morgan fingerprint density at radius 1 is 0.765 bits per heavy atom. The van der Waals surface area contributed by atoms with Gasteiger partial charge in [-0.25, -0.2) is 4.79 Å². The van der Waals surface area contributed by atoms with Gasteiger partial charge < -0.3 is 9.47 Å². The highest BCUT2D eigenvalue weighted by Gasteiger charge is 2.15. The lowest BCUT2D eigenvalue weighted by Gasteiger charge is -2.19. The summed E-state index contributed by atoms with van der Waals surface area (Å²) < 4.78 is 10.9. The van der Waals surface area contributed by atoms with Gasteiger partial charge >= 0.3 is 6.09 Å². The van der Waals surface area contributed by atoms with Gasteiger partial charge in [0.1, 0.15) is 19.0 Å². The largest absolute Gasteiger partial charge is 0.490 e. The molecule has 2 aromatic carbocycles. The molecule has 0 saturated heterocycles. The van der Waals surface area contributed by atoms with E-state index in [0.29, 0.717) is 12.5 Å². The Balaban J connectivity index is 1.68. The van der Waals surface area contributed by atoms with Crippen LogP contribution >= 0.6 is 0 Å². The molecule has 2 aromatic rings. The van der Waals surface area contributed by atoms with Gasteiger partial charge in [-0.15, -0.1) is 0 Å². The third-order valence-corrected chi connectivity index (χ3v) is 6.36. The Bertz CT molecular complexity index is 778. The van der Waals surface area contributed by atoms with E-state index in [4.69, 9.17) is 9.47 Å². The van der Waals surface area contributed by atoms with Crippen LogP contribution in [0.25, 0.3) is 0 Å². The van der Waals surface area contributed by atoms with Crippen LogP contribution in [0.2, 0.25) is 0 Å². The summed E-state index contributed by atoms with van der Waals surface area (Å²) in [6, 6.07) is 17.7. The molecule has 0 aromatic heterocycles. The predicted octanol–water partition coefficient (Wildman–Crippen LogP) is 9.12. The molecule has 4 nitrogen and oxygen atoms in total. The molecule has 0 saturated carbocycles. The molecule has 0 radical (unpaired) electrons. The second kappa shape index (κ2) is 17.9. The second-order valence-electron chi connectivity index (χ2n) is 9.09. The number of benzene rings is 2. The van der Waals surface area contributed by atoms with E-state index >= 15 is 0 Å². The summed E-state index contributed by atoms with van der Waals surface area (Å²) in [5, 5.41) is 2.95. The molecule has 1 amide bonds. The first-order valence-electron chi connectivity index (χ1n) is 13.4. The van der Waals surface area contributed by atoms with Crippen LogP contribution < -0.4 is 10.1 Å². The summed E-state index contributed by atoms with van der Waals surface area (Å²) in [7, 11) is 0. The number of carbonyl (C=O) groups is 1. The van der Waals surface area contributed by atoms with Gasteiger partial charge in [-0.2, -0.15) is 0 Å². The van der Waals surface area contributed by atoms with E-state index in [-0.39, 0.29) is 6.61 Å². The van der Waals surface area contributed by atoms with Crippen molar-refractivity contribution in [2.45, 2.75) is 96.8 Å². The smallest absolute Gasteiger partial charge is 0.411 e. The predicted molar refractivity (Wildman–Crippen MR) is 143 cm³/mol. The molecule has 34 heavy (non-hydrogen) atoms. The summed E-state index contributed by atoms with van der Waals surface area (Å²) in [6.45, 7) is 5.04. The topological polar surface area (TPSA) is 47.6 Å². The lowest BCUT2D eigenvalue weighted by Crippen LogP contribution is -2.19. The van der Waals surface area contributed by atoms with Crippen molar-refractivity contribution in [2.75, 3.05) is 18.5 Å². The van der Waals surface area contributed by atoms with Gasteiger partial charge in [0.2, 0.25) is 0 Å². The third kappa shape index (κ3) is 11.6. The molecular formula is C30H45NO3. The Labute approximate surface area is 207 Å². The molecule has 4 heteroatoms. The molecule has 0 aliphatic rings. The van der Waals surface area contributed by atoms with Crippen molar-refractivity contribution in [1.29, 1.82) is 0 Å². The number of nitrogens with one attached hydrogen (secondary N) is 1. The van der Waals surface area contributed by atoms with E-state index in [9.17, 15) is 4.79 Å². The normalized spacial score (nSPS) is 11.7. The first-order valence-corrected chi connectivity index (χ1v) is 13.4. The molecule has 1 atom stereocenters. The van der Waals surface area contributed by atoms with Crippen LogP contribution in [0.3, 0.4) is 0 Å². The molecule has 1 unspecified atom stereocenters. The first kappa shape index (κ1) is 27.8. The lowest BCUT2D eigenvalue weighted by atomic mass is 9.89. The van der Waals surface area contributed by atoms with Crippen molar-refractivity contribution in [3.8, 4) is 5.75 Å². The molecule has 0 bridgehead atoms. The fraction of sp³-hybridized carbons (Fsp3) is 0.567. The van der Waals surface area contributed by atoms with Crippen molar-refractivity contribution >= 4 is 11.8 Å². The fourth-order valence-corrected chi connectivity index (χ4v) is 4.38. The van der Waals surface area contributed by atoms with Crippen LogP contribution in [-0.2, 0) is 4.74 Å². The highest BCUT2D eigenvalue weighted by molar-refractivity contribution is 5.85. The van der Waals surface area contributed by atoms with Crippen LogP contribution in [0.1, 0.15) is 102 Å². The van der Waals surface area contributed by atoms with Crippen molar-refractivity contribution in [3.05, 3.63) is 60.2 Å². The lowest BCUT2D eigenvalue weighted by molar-refractivity contribution is 0.138. The summed E-state index contributed by atoms with van der Waals surface area (Å²) in [6.07, 6.45) is 15.3. The molecule has 1 N–H and O–H groups in total. The van der Waals surface area contributed by atoms with E-state index in [1.807, 2.05) is 42.5 Å².